The van der Waals surface area contributed by atoms with Gasteiger partial charge in [0.05, 0.1) is 24.4 Å². The van der Waals surface area contributed by atoms with Gasteiger partial charge in [-0.3, -0.25) is 19.2 Å². The number of hydrogen-bond acceptors (Lipinski definition) is 13. The van der Waals surface area contributed by atoms with Crippen molar-refractivity contribution in [3.05, 3.63) is 47.6 Å². The lowest BCUT2D eigenvalue weighted by Gasteiger charge is -2.42. The first-order valence-corrected chi connectivity index (χ1v) is 23.9. The molecule has 3 N–H and O–H groups in total. The summed E-state index contributed by atoms with van der Waals surface area (Å²) < 4.78 is 29.4. The fourth-order valence-corrected chi connectivity index (χ4v) is 10.1. The van der Waals surface area contributed by atoms with E-state index in [0.29, 0.717) is 63.4 Å². The highest BCUT2D eigenvalue weighted by Gasteiger charge is 2.53. The predicted octanol–water partition coefficient (Wildman–Crippen LogP) is 6.18. The second-order valence-corrected chi connectivity index (χ2v) is 19.6. The van der Waals surface area contributed by atoms with Crippen LogP contribution < -0.4 is 0 Å². The van der Waals surface area contributed by atoms with Crippen LogP contribution in [0.25, 0.3) is 0 Å². The van der Waals surface area contributed by atoms with Gasteiger partial charge in [-0.2, -0.15) is 0 Å². The fraction of sp³-hybridized carbons (Fsp3) is 0.745. The molecule has 3 fully saturated rings. The molecule has 3 heterocycles. The number of fused-ring (bicyclic) bond motifs is 3. The molecule has 15 atom stereocenters. The van der Waals surface area contributed by atoms with Gasteiger partial charge in [-0.1, -0.05) is 71.1 Å². The number of ketones is 3. The largest absolute Gasteiger partial charge is 0.460 e. The van der Waals surface area contributed by atoms with Crippen molar-refractivity contribution in [3.8, 4) is 0 Å². The van der Waals surface area contributed by atoms with Crippen molar-refractivity contribution < 1.29 is 63.0 Å². The van der Waals surface area contributed by atoms with E-state index >= 15 is 0 Å². The number of carbonyl (C=O) groups excluding carboxylic acids is 5. The summed E-state index contributed by atoms with van der Waals surface area (Å²) in [6, 6.07) is -1.14. The minimum atomic E-state index is -2.43. The van der Waals surface area contributed by atoms with Crippen LogP contribution in [0.15, 0.2) is 47.6 Å². The van der Waals surface area contributed by atoms with Gasteiger partial charge >= 0.3 is 5.97 Å². The summed E-state index contributed by atoms with van der Waals surface area (Å²) >= 11 is 0. The molecule has 4 rings (SSSR count). The maximum Gasteiger partial charge on any atom is 0.329 e. The van der Waals surface area contributed by atoms with Crippen LogP contribution in [0.5, 0.6) is 0 Å². The van der Waals surface area contributed by atoms with E-state index in [4.69, 9.17) is 23.7 Å². The Morgan fingerprint density at radius 2 is 1.57 bits per heavy atom. The number of allylic oxidation sites excluding steroid dienone is 6. The van der Waals surface area contributed by atoms with Gasteiger partial charge in [0.1, 0.15) is 30.1 Å². The average molecular weight is 914 g/mol. The lowest BCUT2D eigenvalue weighted by molar-refractivity contribution is -0.265. The Hall–Kier alpha value is -3.37. The molecule has 0 radical (unpaired) electrons. The highest BCUT2D eigenvalue weighted by molar-refractivity contribution is 6.39. The smallest absolute Gasteiger partial charge is 0.329 e. The number of ether oxygens (including phenoxy) is 5. The number of aliphatic hydroxyl groups is 3. The Kier molecular flexibility index (Phi) is 21.0. The molecule has 1 aliphatic carbocycles. The number of piperidine rings is 1. The van der Waals surface area contributed by atoms with Crippen molar-refractivity contribution >= 4 is 29.2 Å². The summed E-state index contributed by atoms with van der Waals surface area (Å²) in [7, 11) is 4.52. The third kappa shape index (κ3) is 14.3. The minimum Gasteiger partial charge on any atom is -0.460 e. The lowest BCUT2D eigenvalue weighted by Crippen LogP contribution is -2.61. The Labute approximate surface area is 387 Å². The van der Waals surface area contributed by atoms with Crippen molar-refractivity contribution in [1.82, 2.24) is 4.90 Å². The molecule has 0 aromatic rings. The molecule has 1 amide bonds. The number of cyclic esters (lactones) is 1. The molecule has 0 aromatic heterocycles. The molecular formula is C51H79NO13. The Morgan fingerprint density at radius 1 is 0.846 bits per heavy atom. The number of carbonyl (C=O) groups is 5. The number of rotatable bonds is 6. The zero-order valence-corrected chi connectivity index (χ0v) is 40.6. The molecule has 0 spiro atoms. The van der Waals surface area contributed by atoms with Gasteiger partial charge in [0, 0.05) is 58.5 Å². The molecule has 0 aromatic carbocycles. The number of amides is 1. The summed E-state index contributed by atoms with van der Waals surface area (Å²) in [4.78, 5) is 71.8. The number of aliphatic hydroxyl groups excluding tert-OH is 2. The predicted molar refractivity (Wildman–Crippen MR) is 245 cm³/mol. The molecule has 366 valence electrons. The Morgan fingerprint density at radius 3 is 2.25 bits per heavy atom. The van der Waals surface area contributed by atoms with E-state index in [0.717, 1.165) is 12.0 Å². The third-order valence-corrected chi connectivity index (χ3v) is 14.5. The Bertz CT molecular complexity index is 1760. The number of Topliss-reactive ketones (excluding diaryl/α,β-unsaturated/α-hetero) is 3. The summed E-state index contributed by atoms with van der Waals surface area (Å²) in [6.45, 7) is 12.7. The topological polar surface area (TPSA) is 195 Å². The normalized spacial score (nSPS) is 39.1. The maximum absolute atomic E-state index is 14.4. The van der Waals surface area contributed by atoms with Crippen LogP contribution in [-0.2, 0) is 47.7 Å². The van der Waals surface area contributed by atoms with Crippen LogP contribution in [-0.4, -0.2) is 132 Å². The van der Waals surface area contributed by atoms with Crippen LogP contribution in [0, 0.1) is 35.5 Å². The Balaban J connectivity index is 1.70. The number of methoxy groups -OCH3 is 3. The van der Waals surface area contributed by atoms with Crippen molar-refractivity contribution in [2.75, 3.05) is 27.9 Å². The summed E-state index contributed by atoms with van der Waals surface area (Å²) in [5.41, 5.74) is 1.27. The van der Waals surface area contributed by atoms with Crippen LogP contribution in [0.4, 0.5) is 0 Å². The lowest BCUT2D eigenvalue weighted by atomic mass is 9.78. The summed E-state index contributed by atoms with van der Waals surface area (Å²) in [5.74, 6) is -7.96. The van der Waals surface area contributed by atoms with Crippen molar-refractivity contribution in [2.45, 2.75) is 180 Å². The van der Waals surface area contributed by atoms with Crippen LogP contribution in [0.1, 0.15) is 126 Å². The van der Waals surface area contributed by atoms with Gasteiger partial charge in [-0.15, -0.1) is 0 Å². The molecule has 2 bridgehead atoms. The second kappa shape index (κ2) is 25.1. The summed E-state index contributed by atoms with van der Waals surface area (Å²) in [5, 5.41) is 33.8. The highest BCUT2D eigenvalue weighted by atomic mass is 16.6. The maximum atomic E-state index is 14.4. The van der Waals surface area contributed by atoms with E-state index in [1.807, 2.05) is 58.1 Å². The summed E-state index contributed by atoms with van der Waals surface area (Å²) in [6.07, 6.45) is 11.2. The molecule has 14 nitrogen and oxygen atoms in total. The monoisotopic (exact) mass is 914 g/mol. The highest BCUT2D eigenvalue weighted by Crippen LogP contribution is 2.38. The van der Waals surface area contributed by atoms with Gasteiger partial charge in [0.15, 0.2) is 5.78 Å². The zero-order chi connectivity index (χ0) is 48.2. The van der Waals surface area contributed by atoms with Gasteiger partial charge in [0.25, 0.3) is 11.7 Å². The standard InChI is InChI=1S/C51H79NO13/c1-30-16-12-11-13-17-31(2)42(61-8)28-38-21-19-36(7)51(60,65-38)48(57)49(58)52-23-15-14-18-39(52)50(59)64-43(33(4)26-37-20-22-40(53)44(27-37)62-9)29-41(54)32(3)25-35(6)46(56)47(63-10)45(55)34(5)24-30/h11-13,16-17,25,30,32-34,36-40,42-44,46-47,53,56,60H,14-15,18-24,26-29H2,1-10H3/b13-11?,16-12+,31-17?,35-25+/t30-,32?,33-,34?,36?,37?,38+,39?,40?,42+,43+,44-,46?,47+,51?/m1/s1. The molecule has 14 heteroatoms. The molecule has 1 saturated carbocycles. The van der Waals surface area contributed by atoms with Gasteiger partial charge in [-0.05, 0) is 107 Å². The first-order chi connectivity index (χ1) is 30.7. The van der Waals surface area contributed by atoms with Crippen molar-refractivity contribution in [2.24, 2.45) is 35.5 Å². The van der Waals surface area contributed by atoms with Crippen molar-refractivity contribution in [3.63, 3.8) is 0 Å². The van der Waals surface area contributed by atoms with Crippen LogP contribution in [0.3, 0.4) is 0 Å². The number of hydrogen-bond donors (Lipinski definition) is 3. The quantitative estimate of drug-likeness (QED) is 0.156. The molecule has 8 unspecified atom stereocenters. The number of nitrogens with zero attached hydrogens (tertiary/aromatic N) is 1. The van der Waals surface area contributed by atoms with Crippen LogP contribution >= 0.6 is 0 Å². The minimum absolute atomic E-state index is 0.0193. The average Bonchev–Trinajstić information content (AvgIpc) is 3.28. The van der Waals surface area contributed by atoms with Gasteiger partial charge in [0.2, 0.25) is 5.79 Å². The second-order valence-electron chi connectivity index (χ2n) is 19.6. The van der Waals surface area contributed by atoms with E-state index < -0.39 is 83.9 Å². The molecule has 2 saturated heterocycles. The number of esters is 1. The third-order valence-electron chi connectivity index (χ3n) is 14.5. The van der Waals surface area contributed by atoms with Crippen LogP contribution in [0.2, 0.25) is 0 Å². The first-order valence-electron chi connectivity index (χ1n) is 23.9. The van der Waals surface area contributed by atoms with Crippen molar-refractivity contribution in [1.29, 1.82) is 0 Å². The van der Waals surface area contributed by atoms with Gasteiger partial charge in [-0.25, -0.2) is 4.79 Å². The van der Waals surface area contributed by atoms with E-state index in [9.17, 15) is 39.3 Å². The fourth-order valence-electron chi connectivity index (χ4n) is 10.1. The molecule has 4 aliphatic rings. The first kappa shape index (κ1) is 54.2. The van der Waals surface area contributed by atoms with Gasteiger partial charge < -0.3 is 43.9 Å². The molecular weight excluding hydrogens is 835 g/mol. The SMILES string of the molecule is CO[C@H]1C[C@@H]2CCC(C)C(O)(O2)C(=O)C(=O)N2CCCCC2C(=O)O[C@H]([C@H](C)CC2CCC(O)[C@H](OC)C2)CC(=O)C(C)/C=C(\C)C(O)[C@@H](OC)C(=O)C(C)C[C@H](C)/C=C/C=CC=C1C. The van der Waals surface area contributed by atoms with E-state index in [2.05, 4.69) is 0 Å². The van der Waals surface area contributed by atoms with E-state index in [-0.39, 0.29) is 54.8 Å². The zero-order valence-electron chi connectivity index (χ0n) is 40.6. The molecule has 3 aliphatic heterocycles. The molecule has 65 heavy (non-hydrogen) atoms. The van der Waals surface area contributed by atoms with E-state index in [1.165, 1.54) is 12.0 Å². The van der Waals surface area contributed by atoms with E-state index in [1.54, 1.807) is 41.1 Å².